The summed E-state index contributed by atoms with van der Waals surface area (Å²) in [6.45, 7) is 2.14. The molecule has 2 aromatic rings. The van der Waals surface area contributed by atoms with Crippen LogP contribution in [0.5, 0.6) is 0 Å². The van der Waals surface area contributed by atoms with Gasteiger partial charge in [-0.15, -0.1) is 11.3 Å². The Morgan fingerprint density at radius 3 is 2.83 bits per heavy atom. The number of nitrogens with one attached hydrogen (secondary N) is 1. The van der Waals surface area contributed by atoms with Crippen LogP contribution in [0.2, 0.25) is 5.02 Å². The molecule has 3 heteroatoms. The number of thiophene rings is 1. The Balaban J connectivity index is 2.10. The van der Waals surface area contributed by atoms with Gasteiger partial charge in [0.1, 0.15) is 0 Å². The third-order valence-electron chi connectivity index (χ3n) is 3.22. The van der Waals surface area contributed by atoms with Gasteiger partial charge in [0.25, 0.3) is 0 Å². The monoisotopic (exact) mass is 279 g/mol. The number of hydrogen-bond acceptors (Lipinski definition) is 2. The lowest BCUT2D eigenvalue weighted by molar-refractivity contribution is 0.549. The van der Waals surface area contributed by atoms with E-state index in [0.29, 0.717) is 6.04 Å². The molecule has 0 spiro atoms. The average molecular weight is 280 g/mol. The summed E-state index contributed by atoms with van der Waals surface area (Å²) >= 11 is 7.92. The molecule has 0 saturated carbocycles. The van der Waals surface area contributed by atoms with Gasteiger partial charge in [0.2, 0.25) is 0 Å². The van der Waals surface area contributed by atoms with Gasteiger partial charge in [-0.3, -0.25) is 0 Å². The minimum absolute atomic E-state index is 0.366. The van der Waals surface area contributed by atoms with Gasteiger partial charge in [-0.05, 0) is 61.5 Å². The van der Waals surface area contributed by atoms with Gasteiger partial charge in [-0.2, -0.15) is 0 Å². The molecule has 0 radical (unpaired) electrons. The third-order valence-corrected chi connectivity index (χ3v) is 4.40. The van der Waals surface area contributed by atoms with E-state index in [4.69, 9.17) is 11.6 Å². The van der Waals surface area contributed by atoms with Crippen LogP contribution in [0.1, 0.15) is 28.5 Å². The SMILES string of the molecule is CNC(CCc1cccs1)c1cc(Cl)ccc1C. The van der Waals surface area contributed by atoms with E-state index in [-0.39, 0.29) is 0 Å². The molecule has 0 bridgehead atoms. The fourth-order valence-electron chi connectivity index (χ4n) is 2.18. The van der Waals surface area contributed by atoms with Gasteiger partial charge in [-0.1, -0.05) is 23.7 Å². The minimum Gasteiger partial charge on any atom is -0.313 e. The minimum atomic E-state index is 0.366. The van der Waals surface area contributed by atoms with Crippen LogP contribution in [0.15, 0.2) is 35.7 Å². The van der Waals surface area contributed by atoms with E-state index in [0.717, 1.165) is 17.9 Å². The Hall–Kier alpha value is -0.830. The third kappa shape index (κ3) is 3.35. The Kier molecular flexibility index (Phi) is 4.81. The van der Waals surface area contributed by atoms with E-state index < -0.39 is 0 Å². The molecule has 0 aliphatic rings. The maximum Gasteiger partial charge on any atom is 0.0409 e. The van der Waals surface area contributed by atoms with E-state index in [9.17, 15) is 0 Å². The number of aryl methyl sites for hydroxylation is 2. The molecule has 2 rings (SSSR count). The number of halogens is 1. The first kappa shape index (κ1) is 13.6. The Labute approximate surface area is 118 Å². The van der Waals surface area contributed by atoms with Gasteiger partial charge >= 0.3 is 0 Å². The Morgan fingerprint density at radius 2 is 2.17 bits per heavy atom. The molecule has 1 atom stereocenters. The summed E-state index contributed by atoms with van der Waals surface area (Å²) in [6.07, 6.45) is 2.20. The van der Waals surface area contributed by atoms with E-state index in [1.165, 1.54) is 16.0 Å². The summed E-state index contributed by atoms with van der Waals surface area (Å²) in [5.41, 5.74) is 2.60. The summed E-state index contributed by atoms with van der Waals surface area (Å²) in [5, 5.41) is 6.34. The summed E-state index contributed by atoms with van der Waals surface area (Å²) in [7, 11) is 2.01. The van der Waals surface area contributed by atoms with Crippen LogP contribution in [0.3, 0.4) is 0 Å². The lowest BCUT2D eigenvalue weighted by Gasteiger charge is -2.19. The van der Waals surface area contributed by atoms with E-state index in [1.54, 1.807) is 0 Å². The van der Waals surface area contributed by atoms with E-state index in [2.05, 4.69) is 41.9 Å². The smallest absolute Gasteiger partial charge is 0.0409 e. The van der Waals surface area contributed by atoms with Crippen molar-refractivity contribution in [3.63, 3.8) is 0 Å². The fourth-order valence-corrected chi connectivity index (χ4v) is 3.09. The number of rotatable bonds is 5. The van der Waals surface area contributed by atoms with Gasteiger partial charge in [0, 0.05) is 15.9 Å². The first-order chi connectivity index (χ1) is 8.70. The predicted molar refractivity (Wildman–Crippen MR) is 80.6 cm³/mol. The normalized spacial score (nSPS) is 12.6. The zero-order valence-electron chi connectivity index (χ0n) is 10.7. The second-order valence-corrected chi connectivity index (χ2v) is 5.93. The fraction of sp³-hybridized carbons (Fsp3) is 0.333. The highest BCUT2D eigenvalue weighted by Crippen LogP contribution is 2.26. The molecule has 0 saturated heterocycles. The first-order valence-corrected chi connectivity index (χ1v) is 7.42. The van der Waals surface area contributed by atoms with Gasteiger partial charge < -0.3 is 5.32 Å². The lowest BCUT2D eigenvalue weighted by Crippen LogP contribution is -2.18. The molecular formula is C15H18ClNS. The summed E-state index contributed by atoms with van der Waals surface area (Å²) in [5.74, 6) is 0. The van der Waals surface area contributed by atoms with Crippen molar-refractivity contribution >= 4 is 22.9 Å². The quantitative estimate of drug-likeness (QED) is 0.843. The topological polar surface area (TPSA) is 12.0 Å². The maximum absolute atomic E-state index is 6.09. The van der Waals surface area contributed by atoms with Crippen LogP contribution in [0.25, 0.3) is 0 Å². The van der Waals surface area contributed by atoms with E-state index >= 15 is 0 Å². The second kappa shape index (κ2) is 6.37. The molecule has 1 heterocycles. The van der Waals surface area contributed by atoms with Crippen LogP contribution in [0, 0.1) is 6.92 Å². The zero-order chi connectivity index (χ0) is 13.0. The highest BCUT2D eigenvalue weighted by Gasteiger charge is 2.12. The highest BCUT2D eigenvalue weighted by atomic mass is 35.5. The molecular weight excluding hydrogens is 262 g/mol. The van der Waals surface area contributed by atoms with Crippen molar-refractivity contribution in [2.45, 2.75) is 25.8 Å². The second-order valence-electron chi connectivity index (χ2n) is 4.46. The Morgan fingerprint density at radius 1 is 1.33 bits per heavy atom. The van der Waals surface area contributed by atoms with Crippen molar-refractivity contribution < 1.29 is 0 Å². The Bertz CT molecular complexity index is 493. The van der Waals surface area contributed by atoms with Crippen molar-refractivity contribution in [3.05, 3.63) is 56.7 Å². The van der Waals surface area contributed by atoms with Crippen molar-refractivity contribution in [2.24, 2.45) is 0 Å². The van der Waals surface area contributed by atoms with Crippen molar-refractivity contribution in [1.29, 1.82) is 0 Å². The van der Waals surface area contributed by atoms with E-state index in [1.807, 2.05) is 24.5 Å². The zero-order valence-corrected chi connectivity index (χ0v) is 12.3. The number of benzene rings is 1. The molecule has 0 aliphatic heterocycles. The van der Waals surface area contributed by atoms with Gasteiger partial charge in [-0.25, -0.2) is 0 Å². The molecule has 18 heavy (non-hydrogen) atoms. The van der Waals surface area contributed by atoms with Crippen LogP contribution in [-0.2, 0) is 6.42 Å². The van der Waals surface area contributed by atoms with Gasteiger partial charge in [0.05, 0.1) is 0 Å². The largest absolute Gasteiger partial charge is 0.313 e. The number of hydrogen-bond donors (Lipinski definition) is 1. The molecule has 1 nitrogen and oxygen atoms in total. The van der Waals surface area contributed by atoms with Crippen LogP contribution in [-0.4, -0.2) is 7.05 Å². The summed E-state index contributed by atoms with van der Waals surface area (Å²) in [6, 6.07) is 10.8. The van der Waals surface area contributed by atoms with Crippen molar-refractivity contribution in [3.8, 4) is 0 Å². The highest BCUT2D eigenvalue weighted by molar-refractivity contribution is 7.09. The molecule has 0 aliphatic carbocycles. The van der Waals surface area contributed by atoms with Crippen LogP contribution >= 0.6 is 22.9 Å². The predicted octanol–water partition coefficient (Wildman–Crippen LogP) is 4.60. The summed E-state index contributed by atoms with van der Waals surface area (Å²) < 4.78 is 0. The molecule has 1 aromatic carbocycles. The first-order valence-electron chi connectivity index (χ1n) is 6.16. The average Bonchev–Trinajstić information content (AvgIpc) is 2.87. The van der Waals surface area contributed by atoms with Crippen LogP contribution < -0.4 is 5.32 Å². The lowest BCUT2D eigenvalue weighted by atomic mass is 9.97. The molecule has 1 N–H and O–H groups in total. The molecule has 1 aromatic heterocycles. The van der Waals surface area contributed by atoms with Crippen molar-refractivity contribution in [2.75, 3.05) is 7.05 Å². The summed E-state index contributed by atoms with van der Waals surface area (Å²) in [4.78, 5) is 1.44. The molecule has 0 fully saturated rings. The molecule has 96 valence electrons. The van der Waals surface area contributed by atoms with Crippen molar-refractivity contribution in [1.82, 2.24) is 5.32 Å². The molecule has 0 amide bonds. The van der Waals surface area contributed by atoms with Crippen LogP contribution in [0.4, 0.5) is 0 Å². The standard InChI is InChI=1S/C15H18ClNS/c1-11-5-6-12(16)10-14(11)15(17-2)8-7-13-4-3-9-18-13/h3-6,9-10,15,17H,7-8H2,1-2H3. The maximum atomic E-state index is 6.09. The van der Waals surface area contributed by atoms with Gasteiger partial charge in [0.15, 0.2) is 0 Å². The molecule has 1 unspecified atom stereocenters.